The number of aliphatic imine (C=N–C) groups is 1. The predicted octanol–water partition coefficient (Wildman–Crippen LogP) is 3.99. The maximum Gasteiger partial charge on any atom is 0.191 e. The summed E-state index contributed by atoms with van der Waals surface area (Å²) in [5.74, 6) is 0.840. The minimum absolute atomic E-state index is 0.786. The van der Waals surface area contributed by atoms with Crippen molar-refractivity contribution in [2.24, 2.45) is 4.99 Å². The molecular formula is C21H30N4S. The van der Waals surface area contributed by atoms with Gasteiger partial charge in [-0.25, -0.2) is 0 Å². The van der Waals surface area contributed by atoms with Gasteiger partial charge in [-0.2, -0.15) is 0 Å². The molecule has 1 saturated heterocycles. The van der Waals surface area contributed by atoms with E-state index in [1.807, 2.05) is 7.05 Å². The summed E-state index contributed by atoms with van der Waals surface area (Å²) in [5, 5.41) is 8.84. The number of nitrogens with one attached hydrogen (secondary N) is 2. The van der Waals surface area contributed by atoms with Gasteiger partial charge in [0.1, 0.15) is 0 Å². The molecule has 3 rings (SSSR count). The summed E-state index contributed by atoms with van der Waals surface area (Å²) in [6, 6.07) is 13.2. The summed E-state index contributed by atoms with van der Waals surface area (Å²) >= 11 is 1.76. The summed E-state index contributed by atoms with van der Waals surface area (Å²) in [7, 11) is 1.81. The third kappa shape index (κ3) is 6.15. The highest BCUT2D eigenvalue weighted by Gasteiger charge is 2.09. The molecule has 0 saturated carbocycles. The Bertz CT molecular complexity index is 656. The topological polar surface area (TPSA) is 39.7 Å². The quantitative estimate of drug-likeness (QED) is 0.597. The van der Waals surface area contributed by atoms with Gasteiger partial charge in [0.2, 0.25) is 0 Å². The van der Waals surface area contributed by atoms with Gasteiger partial charge in [-0.3, -0.25) is 9.89 Å². The molecule has 2 aromatic rings. The highest BCUT2D eigenvalue weighted by molar-refractivity contribution is 7.09. The van der Waals surface area contributed by atoms with E-state index in [1.165, 1.54) is 54.8 Å². The lowest BCUT2D eigenvalue weighted by Gasteiger charge is -2.20. The first-order valence-electron chi connectivity index (χ1n) is 9.60. The number of rotatable bonds is 6. The van der Waals surface area contributed by atoms with Crippen LogP contribution in [0, 0.1) is 0 Å². The first kappa shape index (κ1) is 18.9. The maximum atomic E-state index is 4.30. The van der Waals surface area contributed by atoms with Gasteiger partial charge in [0.05, 0.1) is 6.54 Å². The number of likely N-dealkylation sites (tertiary alicyclic amines) is 1. The second kappa shape index (κ2) is 10.3. The predicted molar refractivity (Wildman–Crippen MR) is 112 cm³/mol. The van der Waals surface area contributed by atoms with Crippen LogP contribution in [0.15, 0.2) is 46.8 Å². The second-order valence-corrected chi connectivity index (χ2v) is 7.90. The highest BCUT2D eigenvalue weighted by Crippen LogP contribution is 2.14. The molecule has 0 unspecified atom stereocenters. The fourth-order valence-electron chi connectivity index (χ4n) is 3.31. The average Bonchev–Trinajstić information content (AvgIpc) is 3.06. The Morgan fingerprint density at radius 3 is 2.31 bits per heavy atom. The molecule has 0 spiro atoms. The molecule has 0 amide bonds. The Labute approximate surface area is 161 Å². The van der Waals surface area contributed by atoms with Crippen LogP contribution >= 0.6 is 11.3 Å². The molecule has 1 aromatic carbocycles. The summed E-state index contributed by atoms with van der Waals surface area (Å²) in [6.07, 6.45) is 5.48. The van der Waals surface area contributed by atoms with E-state index in [-0.39, 0.29) is 0 Å². The Kier molecular flexibility index (Phi) is 7.52. The van der Waals surface area contributed by atoms with Crippen molar-refractivity contribution in [1.82, 2.24) is 15.5 Å². The molecule has 1 fully saturated rings. The standard InChI is InChI=1S/C21H30N4S/c1-22-21(24-16-20-7-6-14-26-20)23-15-18-8-10-19(11-9-18)17-25-12-4-2-3-5-13-25/h6-11,14H,2-5,12-13,15-17H2,1H3,(H2,22,23,24). The number of hydrogen-bond acceptors (Lipinski definition) is 3. The van der Waals surface area contributed by atoms with Crippen molar-refractivity contribution in [1.29, 1.82) is 0 Å². The second-order valence-electron chi connectivity index (χ2n) is 6.87. The van der Waals surface area contributed by atoms with E-state index in [4.69, 9.17) is 0 Å². The van der Waals surface area contributed by atoms with Gasteiger partial charge in [0.25, 0.3) is 0 Å². The number of guanidine groups is 1. The lowest BCUT2D eigenvalue weighted by atomic mass is 10.1. The average molecular weight is 371 g/mol. The minimum atomic E-state index is 0.786. The van der Waals surface area contributed by atoms with E-state index in [0.717, 1.165) is 25.6 Å². The van der Waals surface area contributed by atoms with Crippen LogP contribution in [0.3, 0.4) is 0 Å². The molecule has 0 radical (unpaired) electrons. The zero-order chi connectivity index (χ0) is 18.0. The number of hydrogen-bond donors (Lipinski definition) is 2. The normalized spacial score (nSPS) is 16.3. The molecule has 4 nitrogen and oxygen atoms in total. The summed E-state index contributed by atoms with van der Waals surface area (Å²) in [4.78, 5) is 8.20. The highest BCUT2D eigenvalue weighted by atomic mass is 32.1. The lowest BCUT2D eigenvalue weighted by molar-refractivity contribution is 0.277. The van der Waals surface area contributed by atoms with Crippen LogP contribution < -0.4 is 10.6 Å². The molecule has 5 heteroatoms. The third-order valence-corrected chi connectivity index (χ3v) is 5.70. The molecule has 140 valence electrons. The van der Waals surface area contributed by atoms with Gasteiger partial charge in [-0.1, -0.05) is 43.2 Å². The minimum Gasteiger partial charge on any atom is -0.352 e. The first-order valence-corrected chi connectivity index (χ1v) is 10.5. The van der Waals surface area contributed by atoms with Crippen LogP contribution in [-0.2, 0) is 19.6 Å². The summed E-state index contributed by atoms with van der Waals surface area (Å²) in [6.45, 7) is 5.17. The van der Waals surface area contributed by atoms with Crippen molar-refractivity contribution < 1.29 is 0 Å². The van der Waals surface area contributed by atoms with Crippen molar-refractivity contribution in [3.63, 3.8) is 0 Å². The van der Waals surface area contributed by atoms with E-state index in [9.17, 15) is 0 Å². The zero-order valence-electron chi connectivity index (χ0n) is 15.7. The third-order valence-electron chi connectivity index (χ3n) is 4.82. The Morgan fingerprint density at radius 2 is 1.65 bits per heavy atom. The molecular weight excluding hydrogens is 340 g/mol. The van der Waals surface area contributed by atoms with E-state index >= 15 is 0 Å². The van der Waals surface area contributed by atoms with Crippen LogP contribution in [0.1, 0.15) is 41.7 Å². The number of benzene rings is 1. The van der Waals surface area contributed by atoms with Crippen LogP contribution in [0.2, 0.25) is 0 Å². The summed E-state index contributed by atoms with van der Waals surface area (Å²) in [5.41, 5.74) is 2.69. The van der Waals surface area contributed by atoms with Crippen molar-refractivity contribution in [3.8, 4) is 0 Å². The van der Waals surface area contributed by atoms with Crippen molar-refractivity contribution >= 4 is 17.3 Å². The maximum absolute atomic E-state index is 4.30. The molecule has 0 bridgehead atoms. The molecule has 1 aromatic heterocycles. The van der Waals surface area contributed by atoms with Gasteiger partial charge in [0, 0.05) is 25.0 Å². The van der Waals surface area contributed by atoms with Gasteiger partial charge in [0.15, 0.2) is 5.96 Å². The SMILES string of the molecule is CN=C(NCc1ccc(CN2CCCCCC2)cc1)NCc1cccs1. The monoisotopic (exact) mass is 370 g/mol. The van der Waals surface area contributed by atoms with E-state index < -0.39 is 0 Å². The largest absolute Gasteiger partial charge is 0.352 e. The first-order chi connectivity index (χ1) is 12.8. The molecule has 2 heterocycles. The van der Waals surface area contributed by atoms with Crippen LogP contribution in [0.5, 0.6) is 0 Å². The Balaban J connectivity index is 1.44. The van der Waals surface area contributed by atoms with Crippen LogP contribution in [0.25, 0.3) is 0 Å². The van der Waals surface area contributed by atoms with Crippen LogP contribution in [0.4, 0.5) is 0 Å². The van der Waals surface area contributed by atoms with Gasteiger partial charge in [-0.05, 0) is 48.5 Å². The molecule has 1 aliphatic rings. The van der Waals surface area contributed by atoms with Gasteiger partial charge < -0.3 is 10.6 Å². The Morgan fingerprint density at radius 1 is 0.962 bits per heavy atom. The van der Waals surface area contributed by atoms with E-state index in [2.05, 4.69) is 62.3 Å². The van der Waals surface area contributed by atoms with E-state index in [0.29, 0.717) is 0 Å². The smallest absolute Gasteiger partial charge is 0.191 e. The van der Waals surface area contributed by atoms with Crippen molar-refractivity contribution in [3.05, 3.63) is 57.8 Å². The fourth-order valence-corrected chi connectivity index (χ4v) is 3.95. The molecule has 2 N–H and O–H groups in total. The number of thiophene rings is 1. The van der Waals surface area contributed by atoms with Crippen LogP contribution in [-0.4, -0.2) is 31.0 Å². The zero-order valence-corrected chi connectivity index (χ0v) is 16.5. The van der Waals surface area contributed by atoms with Gasteiger partial charge >= 0.3 is 0 Å². The van der Waals surface area contributed by atoms with E-state index in [1.54, 1.807) is 11.3 Å². The van der Waals surface area contributed by atoms with Gasteiger partial charge in [-0.15, -0.1) is 11.3 Å². The van der Waals surface area contributed by atoms with Crippen molar-refractivity contribution in [2.45, 2.75) is 45.3 Å². The van der Waals surface area contributed by atoms with Crippen molar-refractivity contribution in [2.75, 3.05) is 20.1 Å². The molecule has 0 atom stereocenters. The molecule has 1 aliphatic heterocycles. The molecule has 0 aliphatic carbocycles. The lowest BCUT2D eigenvalue weighted by Crippen LogP contribution is -2.36. The summed E-state index contributed by atoms with van der Waals surface area (Å²) < 4.78 is 0. The fraction of sp³-hybridized carbons (Fsp3) is 0.476. The Hall–Kier alpha value is -1.85. The number of nitrogens with zero attached hydrogens (tertiary/aromatic N) is 2. The molecule has 26 heavy (non-hydrogen) atoms.